The second-order valence-electron chi connectivity index (χ2n) is 1.64. The van der Waals surface area contributed by atoms with E-state index >= 15 is 0 Å². The third-order valence-electron chi connectivity index (χ3n) is 1.07. The minimum Gasteiger partial charge on any atom is -0.394 e. The number of rotatable bonds is 1. The van der Waals surface area contributed by atoms with Crippen molar-refractivity contribution in [3.05, 3.63) is 12.3 Å². The monoisotopic (exact) mass is 113 g/mol. The molecule has 0 radical (unpaired) electrons. The molecule has 1 atom stereocenters. The standard InChI is InChI=1S/C5H7NO2/c7-3-4-5(8)1-2-6-4/h1-2,4,6-7H,3H2/t4-/m0/s1. The molecular formula is C5H7NO2. The van der Waals surface area contributed by atoms with Crippen molar-refractivity contribution in [3.63, 3.8) is 0 Å². The van der Waals surface area contributed by atoms with Gasteiger partial charge in [-0.2, -0.15) is 0 Å². The van der Waals surface area contributed by atoms with Gasteiger partial charge < -0.3 is 10.4 Å². The Balaban J connectivity index is 2.51. The van der Waals surface area contributed by atoms with E-state index in [1.807, 2.05) is 0 Å². The van der Waals surface area contributed by atoms with Crippen molar-refractivity contribution in [2.75, 3.05) is 6.61 Å². The van der Waals surface area contributed by atoms with E-state index in [0.717, 1.165) is 0 Å². The average molecular weight is 113 g/mol. The normalized spacial score (nSPS) is 26.1. The number of carbonyl (C=O) groups excluding carboxylic acids is 1. The van der Waals surface area contributed by atoms with Crippen LogP contribution in [0.5, 0.6) is 0 Å². The molecule has 0 saturated heterocycles. The van der Waals surface area contributed by atoms with Crippen LogP contribution in [0.25, 0.3) is 0 Å². The first-order valence-corrected chi connectivity index (χ1v) is 2.42. The van der Waals surface area contributed by atoms with Crippen molar-refractivity contribution in [1.82, 2.24) is 5.32 Å². The van der Waals surface area contributed by atoms with Crippen molar-refractivity contribution in [1.29, 1.82) is 0 Å². The van der Waals surface area contributed by atoms with E-state index < -0.39 is 0 Å². The molecule has 1 aliphatic heterocycles. The fraction of sp³-hybridized carbons (Fsp3) is 0.400. The Bertz CT molecular complexity index is 130. The minimum atomic E-state index is -0.380. The third kappa shape index (κ3) is 0.721. The lowest BCUT2D eigenvalue weighted by Gasteiger charge is -2.01. The van der Waals surface area contributed by atoms with Gasteiger partial charge in [0.2, 0.25) is 0 Å². The zero-order chi connectivity index (χ0) is 5.98. The predicted molar refractivity (Wildman–Crippen MR) is 28.2 cm³/mol. The highest BCUT2D eigenvalue weighted by atomic mass is 16.3. The molecule has 1 heterocycles. The molecule has 1 aliphatic rings. The van der Waals surface area contributed by atoms with Gasteiger partial charge in [-0.15, -0.1) is 0 Å². The zero-order valence-electron chi connectivity index (χ0n) is 4.29. The molecule has 3 nitrogen and oxygen atoms in total. The number of aliphatic hydroxyl groups excluding tert-OH is 1. The van der Waals surface area contributed by atoms with Crippen molar-refractivity contribution < 1.29 is 9.90 Å². The maximum atomic E-state index is 10.5. The Morgan fingerprint density at radius 1 is 1.88 bits per heavy atom. The van der Waals surface area contributed by atoms with Gasteiger partial charge in [-0.05, 0) is 6.08 Å². The van der Waals surface area contributed by atoms with Crippen LogP contribution in [0.15, 0.2) is 12.3 Å². The average Bonchev–Trinajstić information content (AvgIpc) is 2.14. The summed E-state index contributed by atoms with van der Waals surface area (Å²) in [4.78, 5) is 10.5. The first kappa shape index (κ1) is 5.31. The molecule has 0 saturated carbocycles. The van der Waals surface area contributed by atoms with Crippen LogP contribution >= 0.6 is 0 Å². The summed E-state index contributed by atoms with van der Waals surface area (Å²) in [5.41, 5.74) is 0. The summed E-state index contributed by atoms with van der Waals surface area (Å²) >= 11 is 0. The van der Waals surface area contributed by atoms with Gasteiger partial charge in [-0.25, -0.2) is 0 Å². The summed E-state index contributed by atoms with van der Waals surface area (Å²) in [7, 11) is 0. The quantitative estimate of drug-likeness (QED) is 0.460. The van der Waals surface area contributed by atoms with Crippen molar-refractivity contribution in [2.24, 2.45) is 0 Å². The van der Waals surface area contributed by atoms with E-state index in [9.17, 15) is 4.79 Å². The van der Waals surface area contributed by atoms with Gasteiger partial charge >= 0.3 is 0 Å². The van der Waals surface area contributed by atoms with Gasteiger partial charge in [-0.3, -0.25) is 4.79 Å². The minimum absolute atomic E-state index is 0.0486. The van der Waals surface area contributed by atoms with Gasteiger partial charge in [0, 0.05) is 6.20 Å². The Morgan fingerprint density at radius 2 is 2.62 bits per heavy atom. The number of hydrogen-bond donors (Lipinski definition) is 2. The number of nitrogens with one attached hydrogen (secondary N) is 1. The molecular weight excluding hydrogens is 106 g/mol. The van der Waals surface area contributed by atoms with Crippen LogP contribution in [-0.2, 0) is 4.79 Å². The molecule has 0 bridgehead atoms. The number of ketones is 1. The maximum Gasteiger partial charge on any atom is 0.181 e. The molecule has 0 fully saturated rings. The van der Waals surface area contributed by atoms with E-state index in [1.54, 1.807) is 6.20 Å². The molecule has 2 N–H and O–H groups in total. The summed E-state index contributed by atoms with van der Waals surface area (Å²) in [5, 5.41) is 11.1. The molecule has 0 aromatic heterocycles. The van der Waals surface area contributed by atoms with E-state index in [0.29, 0.717) is 0 Å². The summed E-state index contributed by atoms with van der Waals surface area (Å²) in [6.07, 6.45) is 2.96. The highest BCUT2D eigenvalue weighted by Gasteiger charge is 2.16. The molecule has 0 aliphatic carbocycles. The lowest BCUT2D eigenvalue weighted by Crippen LogP contribution is -2.30. The highest BCUT2D eigenvalue weighted by molar-refractivity contribution is 5.96. The van der Waals surface area contributed by atoms with Crippen LogP contribution in [-0.4, -0.2) is 23.5 Å². The Hall–Kier alpha value is -0.830. The van der Waals surface area contributed by atoms with Crippen LogP contribution in [0.1, 0.15) is 0 Å². The summed E-state index contributed by atoms with van der Waals surface area (Å²) in [6, 6.07) is -0.380. The largest absolute Gasteiger partial charge is 0.394 e. The van der Waals surface area contributed by atoms with Gasteiger partial charge in [0.15, 0.2) is 5.78 Å². The van der Waals surface area contributed by atoms with Gasteiger partial charge in [0.25, 0.3) is 0 Å². The van der Waals surface area contributed by atoms with E-state index in [4.69, 9.17) is 5.11 Å². The number of carbonyl (C=O) groups is 1. The zero-order valence-corrected chi connectivity index (χ0v) is 4.29. The smallest absolute Gasteiger partial charge is 0.181 e. The van der Waals surface area contributed by atoms with E-state index in [2.05, 4.69) is 5.32 Å². The maximum absolute atomic E-state index is 10.5. The summed E-state index contributed by atoms with van der Waals surface area (Å²) < 4.78 is 0. The lowest BCUT2D eigenvalue weighted by atomic mass is 10.2. The first-order chi connectivity index (χ1) is 3.84. The molecule has 3 heteroatoms. The predicted octanol–water partition coefficient (Wildman–Crippen LogP) is -0.967. The molecule has 0 spiro atoms. The Morgan fingerprint density at radius 3 is 2.88 bits per heavy atom. The molecule has 8 heavy (non-hydrogen) atoms. The van der Waals surface area contributed by atoms with Crippen molar-refractivity contribution in [3.8, 4) is 0 Å². The van der Waals surface area contributed by atoms with Crippen molar-refractivity contribution in [2.45, 2.75) is 6.04 Å². The second-order valence-corrected chi connectivity index (χ2v) is 1.64. The van der Waals surface area contributed by atoms with Gasteiger partial charge in [0.05, 0.1) is 6.61 Å². The fourth-order valence-electron chi connectivity index (χ4n) is 0.587. The fourth-order valence-corrected chi connectivity index (χ4v) is 0.587. The van der Waals surface area contributed by atoms with Crippen LogP contribution in [0.3, 0.4) is 0 Å². The molecule has 0 aromatic carbocycles. The highest BCUT2D eigenvalue weighted by Crippen LogP contribution is 1.93. The number of hydrogen-bond acceptors (Lipinski definition) is 3. The van der Waals surface area contributed by atoms with Crippen LogP contribution < -0.4 is 5.32 Å². The van der Waals surface area contributed by atoms with Gasteiger partial charge in [0.1, 0.15) is 6.04 Å². The Labute approximate surface area is 47.0 Å². The third-order valence-corrected chi connectivity index (χ3v) is 1.07. The summed E-state index contributed by atoms with van der Waals surface area (Å²) in [6.45, 7) is -0.119. The van der Waals surface area contributed by atoms with Crippen LogP contribution in [0.4, 0.5) is 0 Å². The van der Waals surface area contributed by atoms with Gasteiger partial charge in [-0.1, -0.05) is 0 Å². The molecule has 0 unspecified atom stereocenters. The molecule has 0 amide bonds. The number of aliphatic hydroxyl groups is 1. The molecule has 0 aromatic rings. The lowest BCUT2D eigenvalue weighted by molar-refractivity contribution is -0.116. The van der Waals surface area contributed by atoms with E-state index in [1.165, 1.54) is 6.08 Å². The second kappa shape index (κ2) is 1.96. The molecule has 44 valence electrons. The van der Waals surface area contributed by atoms with Crippen molar-refractivity contribution >= 4 is 5.78 Å². The van der Waals surface area contributed by atoms with Crippen LogP contribution in [0.2, 0.25) is 0 Å². The first-order valence-electron chi connectivity index (χ1n) is 2.42. The summed E-state index contributed by atoms with van der Waals surface area (Å²) in [5.74, 6) is -0.0486. The van der Waals surface area contributed by atoms with Crippen LogP contribution in [0, 0.1) is 0 Å². The topological polar surface area (TPSA) is 49.3 Å². The SMILES string of the molecule is O=C1C=CN[C@H]1CO. The Kier molecular flexibility index (Phi) is 1.30. The van der Waals surface area contributed by atoms with E-state index in [-0.39, 0.29) is 18.4 Å². The molecule has 1 rings (SSSR count).